The average molecular weight is 313 g/mol. The van der Waals surface area contributed by atoms with Crippen molar-refractivity contribution in [3.8, 4) is 0 Å². The quantitative estimate of drug-likeness (QED) is 0.571. The molecule has 10 heavy (non-hydrogen) atoms. The standard InChI is InChI=1S/C7H13O2.W/c1-5-7(3,4)9-6(2)8;/h5H,1-4H3;/q-1;. The topological polar surface area (TPSA) is 26.3 Å². The van der Waals surface area contributed by atoms with E-state index in [1.807, 2.05) is 27.2 Å². The fraction of sp³-hybridized carbons (Fsp3) is 0.714. The van der Waals surface area contributed by atoms with E-state index in [0.717, 1.165) is 0 Å². The molecule has 0 unspecified atom stereocenters. The van der Waals surface area contributed by atoms with Gasteiger partial charge in [0.1, 0.15) is 0 Å². The molecule has 0 aromatic carbocycles. The maximum Gasteiger partial charge on any atom is 0.300 e. The number of hydrogen-bond acceptors (Lipinski definition) is 2. The average Bonchev–Trinajstić information content (AvgIpc) is 1.63. The summed E-state index contributed by atoms with van der Waals surface area (Å²) in [6, 6.07) is 0. The van der Waals surface area contributed by atoms with Crippen molar-refractivity contribution in [3.05, 3.63) is 6.42 Å². The Morgan fingerprint density at radius 1 is 1.50 bits per heavy atom. The van der Waals surface area contributed by atoms with Crippen molar-refractivity contribution >= 4 is 5.97 Å². The summed E-state index contributed by atoms with van der Waals surface area (Å²) in [5, 5.41) is 0. The molecule has 0 saturated heterocycles. The molecule has 0 spiro atoms. The van der Waals surface area contributed by atoms with Crippen LogP contribution in [-0.2, 0) is 30.6 Å². The molecule has 0 amide bonds. The van der Waals surface area contributed by atoms with Crippen molar-refractivity contribution < 1.29 is 30.6 Å². The molecule has 0 saturated carbocycles. The zero-order chi connectivity index (χ0) is 7.49. The monoisotopic (exact) mass is 313 g/mol. The molecule has 0 N–H and O–H groups in total. The molecule has 0 aromatic heterocycles. The van der Waals surface area contributed by atoms with Crippen LogP contribution < -0.4 is 0 Å². The Morgan fingerprint density at radius 3 is 2.00 bits per heavy atom. The van der Waals surface area contributed by atoms with Crippen LogP contribution in [0.15, 0.2) is 0 Å². The van der Waals surface area contributed by atoms with E-state index in [1.54, 1.807) is 0 Å². The van der Waals surface area contributed by atoms with Gasteiger partial charge in [0.25, 0.3) is 0 Å². The number of ether oxygens (including phenoxy) is 1. The Hall–Kier alpha value is 0.158. The molecule has 0 aromatic rings. The van der Waals surface area contributed by atoms with Gasteiger partial charge < -0.3 is 4.74 Å². The van der Waals surface area contributed by atoms with Crippen LogP contribution in [0.4, 0.5) is 0 Å². The van der Waals surface area contributed by atoms with Gasteiger partial charge in [0.05, 0.1) is 0 Å². The van der Waals surface area contributed by atoms with Gasteiger partial charge in [0.15, 0.2) is 0 Å². The first-order chi connectivity index (χ1) is 3.98. The van der Waals surface area contributed by atoms with Crippen molar-refractivity contribution in [2.75, 3.05) is 0 Å². The SMILES string of the molecule is C[CH-]C(C)(C)OC(C)=O.[W]. The molecule has 0 radical (unpaired) electrons. The first-order valence-electron chi connectivity index (χ1n) is 2.98. The zero-order valence-electron chi connectivity index (χ0n) is 6.80. The van der Waals surface area contributed by atoms with Gasteiger partial charge in [0.2, 0.25) is 0 Å². The number of carbonyl (C=O) groups excluding carboxylic acids is 1. The van der Waals surface area contributed by atoms with Crippen molar-refractivity contribution in [1.29, 1.82) is 0 Å². The third-order valence-electron chi connectivity index (χ3n) is 1.10. The fourth-order valence-electron chi connectivity index (χ4n) is 0.429. The molecule has 0 aliphatic heterocycles. The summed E-state index contributed by atoms with van der Waals surface area (Å²) < 4.78 is 4.89. The summed E-state index contributed by atoms with van der Waals surface area (Å²) in [5.41, 5.74) is -0.411. The molecule has 0 aliphatic rings. The summed E-state index contributed by atoms with van der Waals surface area (Å²) in [5.74, 6) is -0.238. The van der Waals surface area contributed by atoms with Gasteiger partial charge in [-0.15, -0.1) is 0 Å². The maximum atomic E-state index is 10.4. The largest absolute Gasteiger partial charge is 0.493 e. The van der Waals surface area contributed by atoms with Gasteiger partial charge in [-0.25, -0.2) is 0 Å². The fourth-order valence-corrected chi connectivity index (χ4v) is 0.429. The molecule has 0 aliphatic carbocycles. The predicted octanol–water partition coefficient (Wildman–Crippen LogP) is 1.55. The van der Waals surface area contributed by atoms with Crippen molar-refractivity contribution in [3.63, 3.8) is 0 Å². The third kappa shape index (κ3) is 6.28. The molecule has 0 atom stereocenters. The van der Waals surface area contributed by atoms with Crippen LogP contribution in [0.1, 0.15) is 27.7 Å². The minimum Gasteiger partial charge on any atom is -0.493 e. The van der Waals surface area contributed by atoms with Crippen LogP contribution in [0.25, 0.3) is 0 Å². The smallest absolute Gasteiger partial charge is 0.300 e. The van der Waals surface area contributed by atoms with E-state index in [-0.39, 0.29) is 27.0 Å². The minimum atomic E-state index is -0.411. The van der Waals surface area contributed by atoms with Crippen molar-refractivity contribution in [1.82, 2.24) is 0 Å². The van der Waals surface area contributed by atoms with Gasteiger partial charge in [-0.05, 0) is 5.60 Å². The van der Waals surface area contributed by atoms with Crippen LogP contribution in [-0.4, -0.2) is 11.6 Å². The Bertz CT molecular complexity index is 110. The molecule has 0 heterocycles. The number of carbonyl (C=O) groups is 1. The number of hydrogen-bond donors (Lipinski definition) is 0. The predicted molar refractivity (Wildman–Crippen MR) is 35.8 cm³/mol. The van der Waals surface area contributed by atoms with Gasteiger partial charge in [-0.2, -0.15) is 6.92 Å². The van der Waals surface area contributed by atoms with Gasteiger partial charge in [0, 0.05) is 28.0 Å². The second-order valence-electron chi connectivity index (χ2n) is 2.49. The van der Waals surface area contributed by atoms with Crippen LogP contribution in [0.2, 0.25) is 0 Å². The summed E-state index contributed by atoms with van der Waals surface area (Å²) in [7, 11) is 0. The second-order valence-corrected chi connectivity index (χ2v) is 2.49. The Kier molecular flexibility index (Phi) is 6.27. The van der Waals surface area contributed by atoms with E-state index in [4.69, 9.17) is 4.74 Å². The van der Waals surface area contributed by atoms with E-state index in [2.05, 4.69) is 0 Å². The first kappa shape index (κ1) is 12.8. The first-order valence-corrected chi connectivity index (χ1v) is 2.98. The summed E-state index contributed by atoms with van der Waals surface area (Å²) in [6.07, 6.45) is 1.84. The summed E-state index contributed by atoms with van der Waals surface area (Å²) in [6.45, 7) is 6.96. The van der Waals surface area contributed by atoms with Gasteiger partial charge >= 0.3 is 5.97 Å². The van der Waals surface area contributed by atoms with Gasteiger partial charge in [-0.3, -0.25) is 11.2 Å². The Balaban J connectivity index is 0. The van der Waals surface area contributed by atoms with E-state index >= 15 is 0 Å². The molecular weight excluding hydrogens is 300 g/mol. The molecule has 0 fully saturated rings. The number of esters is 1. The van der Waals surface area contributed by atoms with E-state index in [1.165, 1.54) is 6.92 Å². The van der Waals surface area contributed by atoms with E-state index in [0.29, 0.717) is 0 Å². The van der Waals surface area contributed by atoms with E-state index in [9.17, 15) is 4.79 Å². The normalized spacial score (nSPS) is 10.0. The number of rotatable bonds is 2. The molecular formula is C7H13O2W-. The molecule has 3 heteroatoms. The molecule has 0 rings (SSSR count). The molecule has 60 valence electrons. The van der Waals surface area contributed by atoms with Crippen LogP contribution >= 0.6 is 0 Å². The summed E-state index contributed by atoms with van der Waals surface area (Å²) >= 11 is 0. The van der Waals surface area contributed by atoms with Crippen LogP contribution in [0.5, 0.6) is 0 Å². The second kappa shape index (κ2) is 4.90. The van der Waals surface area contributed by atoms with Gasteiger partial charge in [-0.1, -0.05) is 13.8 Å². The summed E-state index contributed by atoms with van der Waals surface area (Å²) in [4.78, 5) is 10.4. The van der Waals surface area contributed by atoms with Crippen molar-refractivity contribution in [2.45, 2.75) is 33.3 Å². The Labute approximate surface area is 76.6 Å². The van der Waals surface area contributed by atoms with E-state index < -0.39 is 5.60 Å². The van der Waals surface area contributed by atoms with Crippen LogP contribution in [0.3, 0.4) is 0 Å². The third-order valence-corrected chi connectivity index (χ3v) is 1.10. The van der Waals surface area contributed by atoms with Crippen LogP contribution in [0, 0.1) is 6.42 Å². The molecule has 2 nitrogen and oxygen atoms in total. The minimum absolute atomic E-state index is 0. The Morgan fingerprint density at radius 2 is 1.90 bits per heavy atom. The van der Waals surface area contributed by atoms with Crippen molar-refractivity contribution in [2.24, 2.45) is 0 Å². The molecule has 0 bridgehead atoms. The maximum absolute atomic E-state index is 10.4. The zero-order valence-corrected chi connectivity index (χ0v) is 9.74.